The molecule has 0 radical (unpaired) electrons. The largest absolute Gasteiger partial charge is 0.356 e. The maximum atomic E-state index is 7.87. The topological polar surface area (TPSA) is 20.1 Å². The van der Waals surface area contributed by atoms with Crippen LogP contribution in [0.4, 0.5) is 5.69 Å². The predicted molar refractivity (Wildman–Crippen MR) is 123 cm³/mol. The Bertz CT molecular complexity index is 1120. The fourth-order valence-electron chi connectivity index (χ4n) is 6.80. The van der Waals surface area contributed by atoms with Gasteiger partial charge in [-0.25, -0.2) is 4.85 Å². The molecule has 1 saturated carbocycles. The number of fused-ring (bicyclic) bond motifs is 6. The number of H-pyrrole nitrogens is 1. The van der Waals surface area contributed by atoms with Gasteiger partial charge in [0, 0.05) is 21.8 Å². The number of benzene rings is 2. The van der Waals surface area contributed by atoms with Crippen molar-refractivity contribution in [3.05, 3.63) is 52.4 Å². The fraction of sp³-hybridized carbons (Fsp3) is 0.519. The summed E-state index contributed by atoms with van der Waals surface area (Å²) in [6.07, 6.45) is 11.1. The number of nitrogens with one attached hydrogen (secondary N) is 1. The molecule has 3 aromatic rings. The summed E-state index contributed by atoms with van der Waals surface area (Å²) in [7, 11) is 0. The Morgan fingerprint density at radius 2 is 1.72 bits per heavy atom. The van der Waals surface area contributed by atoms with E-state index in [0.29, 0.717) is 0 Å². The first-order chi connectivity index (χ1) is 14.1. The normalized spacial score (nSPS) is 18.0. The molecule has 1 spiro atoms. The highest BCUT2D eigenvalue weighted by Gasteiger charge is 2.43. The Morgan fingerprint density at radius 3 is 2.38 bits per heavy atom. The van der Waals surface area contributed by atoms with Gasteiger partial charge < -0.3 is 4.98 Å². The van der Waals surface area contributed by atoms with Crippen molar-refractivity contribution in [1.29, 1.82) is 0 Å². The molecule has 29 heavy (non-hydrogen) atoms. The highest BCUT2D eigenvalue weighted by Crippen LogP contribution is 2.56. The van der Waals surface area contributed by atoms with E-state index in [2.05, 4.69) is 54.9 Å². The minimum atomic E-state index is 0.268. The summed E-state index contributed by atoms with van der Waals surface area (Å²) in [5.41, 5.74) is 8.21. The minimum absolute atomic E-state index is 0.268. The lowest BCUT2D eigenvalue weighted by Crippen LogP contribution is -2.23. The van der Waals surface area contributed by atoms with Crippen LogP contribution in [-0.2, 0) is 17.3 Å². The van der Waals surface area contributed by atoms with E-state index >= 15 is 0 Å². The Labute approximate surface area is 174 Å². The number of nitrogens with zero attached hydrogens (tertiary/aromatic N) is 1. The molecule has 0 bridgehead atoms. The zero-order valence-electron chi connectivity index (χ0n) is 18.1. The highest BCUT2D eigenvalue weighted by atomic mass is 14.7. The van der Waals surface area contributed by atoms with E-state index in [-0.39, 0.29) is 10.8 Å². The molecule has 2 aliphatic rings. The molecule has 0 aliphatic heterocycles. The predicted octanol–water partition coefficient (Wildman–Crippen LogP) is 8.10. The lowest BCUT2D eigenvalue weighted by atomic mass is 9.73. The van der Waals surface area contributed by atoms with Crippen molar-refractivity contribution in [2.24, 2.45) is 0 Å². The Hall–Kier alpha value is -2.27. The van der Waals surface area contributed by atoms with Crippen LogP contribution in [-0.4, -0.2) is 4.98 Å². The second kappa shape index (κ2) is 6.63. The molecule has 1 N–H and O–H groups in total. The first kappa shape index (κ1) is 18.7. The number of rotatable bonds is 4. The van der Waals surface area contributed by atoms with Crippen LogP contribution in [0.25, 0.3) is 26.7 Å². The Balaban J connectivity index is 1.82. The van der Waals surface area contributed by atoms with E-state index in [9.17, 15) is 0 Å². The second-order valence-electron chi connectivity index (χ2n) is 9.50. The number of aromatic amines is 1. The zero-order chi connectivity index (χ0) is 20.2. The number of aryl methyl sites for hydroxylation is 1. The average molecular weight is 385 g/mol. The maximum Gasteiger partial charge on any atom is 0.193 e. The minimum Gasteiger partial charge on any atom is -0.356 e. The van der Waals surface area contributed by atoms with Crippen molar-refractivity contribution in [2.75, 3.05) is 0 Å². The van der Waals surface area contributed by atoms with Crippen molar-refractivity contribution < 1.29 is 0 Å². The van der Waals surface area contributed by atoms with Crippen LogP contribution in [0.3, 0.4) is 0 Å². The molecule has 5 rings (SSSR count). The molecule has 0 saturated heterocycles. The average Bonchev–Trinajstić information content (AvgIpc) is 3.47. The van der Waals surface area contributed by atoms with Gasteiger partial charge in [0.25, 0.3) is 0 Å². The highest BCUT2D eigenvalue weighted by molar-refractivity contribution is 6.11. The van der Waals surface area contributed by atoms with E-state index in [1.807, 2.05) is 0 Å². The molecule has 2 heteroatoms. The van der Waals surface area contributed by atoms with Crippen LogP contribution in [0.15, 0.2) is 24.3 Å². The molecule has 2 aromatic carbocycles. The maximum absolute atomic E-state index is 7.87. The van der Waals surface area contributed by atoms with Gasteiger partial charge in [-0.3, -0.25) is 0 Å². The van der Waals surface area contributed by atoms with Gasteiger partial charge in [0.1, 0.15) is 0 Å². The van der Waals surface area contributed by atoms with E-state index in [1.54, 1.807) is 0 Å². The van der Waals surface area contributed by atoms with Gasteiger partial charge in [-0.15, -0.1) is 0 Å². The SMILES string of the molecule is [C-]#[N+]c1cc2[nH]c3ccc(C(CC)(CC)CC)cc3c2c2c1C1(CCCC1)CC2. The fourth-order valence-corrected chi connectivity index (χ4v) is 6.80. The van der Waals surface area contributed by atoms with Crippen LogP contribution >= 0.6 is 0 Å². The van der Waals surface area contributed by atoms with Crippen LogP contribution in [0.5, 0.6) is 0 Å². The quantitative estimate of drug-likeness (QED) is 0.439. The van der Waals surface area contributed by atoms with Gasteiger partial charge in [0.2, 0.25) is 0 Å². The molecule has 150 valence electrons. The summed E-state index contributed by atoms with van der Waals surface area (Å²) >= 11 is 0. The van der Waals surface area contributed by atoms with Crippen molar-refractivity contribution in [3.63, 3.8) is 0 Å². The van der Waals surface area contributed by atoms with Gasteiger partial charge in [-0.1, -0.05) is 39.7 Å². The Kier molecular flexibility index (Phi) is 4.28. The molecule has 1 fully saturated rings. The van der Waals surface area contributed by atoms with Gasteiger partial charge in [-0.05, 0) is 90.7 Å². The molecular weight excluding hydrogens is 352 g/mol. The molecule has 0 unspecified atom stereocenters. The number of hydrogen-bond acceptors (Lipinski definition) is 0. The lowest BCUT2D eigenvalue weighted by molar-refractivity contribution is 0.382. The van der Waals surface area contributed by atoms with E-state index in [4.69, 9.17) is 6.57 Å². The first-order valence-corrected chi connectivity index (χ1v) is 11.6. The van der Waals surface area contributed by atoms with E-state index in [0.717, 1.165) is 17.6 Å². The summed E-state index contributed by atoms with van der Waals surface area (Å²) in [5.74, 6) is 0. The number of hydrogen-bond donors (Lipinski definition) is 1. The van der Waals surface area contributed by atoms with Crippen LogP contribution < -0.4 is 0 Å². The zero-order valence-corrected chi connectivity index (χ0v) is 18.1. The standard InChI is InChI=1S/C27H32N2/c1-5-26(6-2,7-3)18-10-11-21-20(16-18)24-19-12-15-27(13-8-9-14-27)25(19)23(28-4)17-22(24)29-21/h10-11,16-17,29H,5-9,12-15H2,1-3H3. The third-order valence-corrected chi connectivity index (χ3v) is 8.68. The monoisotopic (exact) mass is 384 g/mol. The molecule has 2 nitrogen and oxygen atoms in total. The van der Waals surface area contributed by atoms with Gasteiger partial charge >= 0.3 is 0 Å². The van der Waals surface area contributed by atoms with Crippen LogP contribution in [0.2, 0.25) is 0 Å². The molecular formula is C27H32N2. The molecule has 1 aromatic heterocycles. The van der Waals surface area contributed by atoms with E-state index < -0.39 is 0 Å². The van der Waals surface area contributed by atoms with Crippen molar-refractivity contribution in [2.45, 2.75) is 89.4 Å². The Morgan fingerprint density at radius 1 is 1.00 bits per heavy atom. The van der Waals surface area contributed by atoms with Gasteiger partial charge in [0.05, 0.1) is 6.57 Å². The smallest absolute Gasteiger partial charge is 0.193 e. The summed E-state index contributed by atoms with van der Waals surface area (Å²) in [6, 6.07) is 9.24. The molecule has 2 aliphatic carbocycles. The summed E-state index contributed by atoms with van der Waals surface area (Å²) in [6.45, 7) is 14.9. The molecule has 0 atom stereocenters. The van der Waals surface area contributed by atoms with Crippen molar-refractivity contribution >= 4 is 27.5 Å². The number of aromatic nitrogens is 1. The van der Waals surface area contributed by atoms with Crippen LogP contribution in [0.1, 0.15) is 88.8 Å². The molecule has 1 heterocycles. The summed E-state index contributed by atoms with van der Waals surface area (Å²) in [5, 5.41) is 2.78. The van der Waals surface area contributed by atoms with Crippen LogP contribution in [0, 0.1) is 6.57 Å². The second-order valence-corrected chi connectivity index (χ2v) is 9.50. The summed E-state index contributed by atoms with van der Waals surface area (Å²) in [4.78, 5) is 7.66. The first-order valence-electron chi connectivity index (χ1n) is 11.6. The van der Waals surface area contributed by atoms with Gasteiger partial charge in [-0.2, -0.15) is 0 Å². The van der Waals surface area contributed by atoms with Crippen molar-refractivity contribution in [1.82, 2.24) is 4.98 Å². The van der Waals surface area contributed by atoms with Crippen molar-refractivity contribution in [3.8, 4) is 0 Å². The summed E-state index contributed by atoms with van der Waals surface area (Å²) < 4.78 is 0. The van der Waals surface area contributed by atoms with Gasteiger partial charge in [0.15, 0.2) is 5.69 Å². The molecule has 0 amide bonds. The lowest BCUT2D eigenvalue weighted by Gasteiger charge is -2.31. The third-order valence-electron chi connectivity index (χ3n) is 8.68. The van der Waals surface area contributed by atoms with E-state index in [1.165, 1.54) is 84.3 Å². The third kappa shape index (κ3) is 2.46.